The number of para-hydroxylation sites is 1. The van der Waals surface area contributed by atoms with Gasteiger partial charge in [-0.3, -0.25) is 4.68 Å². The first-order chi connectivity index (χ1) is 10.2. The van der Waals surface area contributed by atoms with Gasteiger partial charge in [-0.25, -0.2) is 0 Å². The van der Waals surface area contributed by atoms with E-state index in [2.05, 4.69) is 36.4 Å². The Morgan fingerprint density at radius 1 is 1.43 bits per heavy atom. The molecule has 1 aliphatic rings. The van der Waals surface area contributed by atoms with E-state index in [1.807, 2.05) is 17.8 Å². The minimum absolute atomic E-state index is 0.0322. The van der Waals surface area contributed by atoms with Gasteiger partial charge in [0.2, 0.25) is 0 Å². The van der Waals surface area contributed by atoms with E-state index in [0.717, 1.165) is 37.3 Å². The lowest BCUT2D eigenvalue weighted by Gasteiger charge is -2.27. The first-order valence-electron chi connectivity index (χ1n) is 7.68. The molecule has 0 amide bonds. The fraction of sp³-hybridized carbons (Fsp3) is 0.471. The zero-order chi connectivity index (χ0) is 14.8. The largest absolute Gasteiger partial charge is 0.493 e. The van der Waals surface area contributed by atoms with E-state index in [-0.39, 0.29) is 6.04 Å². The first-order valence-corrected chi connectivity index (χ1v) is 7.68. The maximum Gasteiger partial charge on any atom is 0.122 e. The predicted octanol–water partition coefficient (Wildman–Crippen LogP) is 2.94. The molecule has 0 spiro atoms. The van der Waals surface area contributed by atoms with E-state index < -0.39 is 0 Å². The van der Waals surface area contributed by atoms with Crippen LogP contribution in [-0.2, 0) is 13.5 Å². The van der Waals surface area contributed by atoms with Crippen LogP contribution in [0.3, 0.4) is 0 Å². The van der Waals surface area contributed by atoms with Gasteiger partial charge in [0.1, 0.15) is 5.75 Å². The van der Waals surface area contributed by atoms with Crippen LogP contribution >= 0.6 is 0 Å². The third kappa shape index (κ3) is 2.81. The molecule has 0 saturated heterocycles. The molecule has 0 aliphatic carbocycles. The lowest BCUT2D eigenvalue weighted by Crippen LogP contribution is -2.20. The summed E-state index contributed by atoms with van der Waals surface area (Å²) in [5.41, 5.74) is 10.1. The lowest BCUT2D eigenvalue weighted by atomic mass is 9.86. The summed E-state index contributed by atoms with van der Waals surface area (Å²) in [6.45, 7) is 2.91. The van der Waals surface area contributed by atoms with E-state index >= 15 is 0 Å². The molecule has 4 nitrogen and oxygen atoms in total. The summed E-state index contributed by atoms with van der Waals surface area (Å²) in [6, 6.07) is 8.35. The quantitative estimate of drug-likeness (QED) is 0.939. The molecule has 1 aromatic carbocycles. The van der Waals surface area contributed by atoms with Gasteiger partial charge in [0, 0.05) is 24.8 Å². The van der Waals surface area contributed by atoms with Crippen LogP contribution in [0.5, 0.6) is 5.75 Å². The summed E-state index contributed by atoms with van der Waals surface area (Å²) in [4.78, 5) is 0. The molecule has 2 aromatic rings. The first kappa shape index (κ1) is 14.1. The number of fused-ring (bicyclic) bond motifs is 1. The molecule has 1 aromatic heterocycles. The van der Waals surface area contributed by atoms with Gasteiger partial charge in [-0.1, -0.05) is 25.1 Å². The highest BCUT2D eigenvalue weighted by atomic mass is 16.5. The van der Waals surface area contributed by atoms with E-state index in [1.165, 1.54) is 11.1 Å². The minimum Gasteiger partial charge on any atom is -0.493 e. The van der Waals surface area contributed by atoms with Crippen molar-refractivity contribution in [2.24, 2.45) is 12.8 Å². The Morgan fingerprint density at radius 2 is 2.24 bits per heavy atom. The second kappa shape index (κ2) is 5.90. The highest BCUT2D eigenvalue weighted by molar-refractivity contribution is 5.38. The van der Waals surface area contributed by atoms with Crippen molar-refractivity contribution in [2.45, 2.75) is 38.1 Å². The van der Waals surface area contributed by atoms with Crippen LogP contribution in [0.25, 0.3) is 0 Å². The average molecular weight is 285 g/mol. The molecule has 0 fully saturated rings. The van der Waals surface area contributed by atoms with Crippen molar-refractivity contribution >= 4 is 0 Å². The van der Waals surface area contributed by atoms with Crippen molar-refractivity contribution in [3.63, 3.8) is 0 Å². The van der Waals surface area contributed by atoms with Gasteiger partial charge < -0.3 is 10.5 Å². The van der Waals surface area contributed by atoms with Crippen LogP contribution < -0.4 is 10.5 Å². The third-order valence-electron chi connectivity index (χ3n) is 4.29. The second-order valence-electron chi connectivity index (χ2n) is 5.77. The molecule has 2 atom stereocenters. The van der Waals surface area contributed by atoms with Crippen molar-refractivity contribution in [1.82, 2.24) is 9.78 Å². The molecule has 2 heterocycles. The number of rotatable bonds is 4. The number of benzene rings is 1. The standard InChI is InChI=1S/C17H23N3O/c1-3-16-14(11-20(2)19-16)15(18)10-12-8-9-21-17-7-5-4-6-13(12)17/h4-7,11-12,15H,3,8-10,18H2,1-2H3. The highest BCUT2D eigenvalue weighted by Crippen LogP contribution is 2.38. The van der Waals surface area contributed by atoms with Crippen LogP contribution in [0.4, 0.5) is 0 Å². The molecule has 112 valence electrons. The summed E-state index contributed by atoms with van der Waals surface area (Å²) < 4.78 is 7.60. The number of hydrogen-bond acceptors (Lipinski definition) is 3. The zero-order valence-corrected chi connectivity index (χ0v) is 12.7. The number of nitrogens with zero attached hydrogens (tertiary/aromatic N) is 2. The lowest BCUT2D eigenvalue weighted by molar-refractivity contribution is 0.259. The van der Waals surface area contributed by atoms with Crippen molar-refractivity contribution in [2.75, 3.05) is 6.61 Å². The molecule has 1 aliphatic heterocycles. The number of hydrogen-bond donors (Lipinski definition) is 1. The molecule has 2 unspecified atom stereocenters. The second-order valence-corrected chi connectivity index (χ2v) is 5.77. The summed E-state index contributed by atoms with van der Waals surface area (Å²) >= 11 is 0. The van der Waals surface area contributed by atoms with E-state index in [9.17, 15) is 0 Å². The molecule has 21 heavy (non-hydrogen) atoms. The number of nitrogens with two attached hydrogens (primary N) is 1. The molecule has 0 saturated carbocycles. The van der Waals surface area contributed by atoms with E-state index in [4.69, 9.17) is 10.5 Å². The molecule has 0 bridgehead atoms. The molecule has 3 rings (SSSR count). The highest BCUT2D eigenvalue weighted by Gasteiger charge is 2.25. The Kier molecular flexibility index (Phi) is 3.97. The topological polar surface area (TPSA) is 53.1 Å². The molecule has 2 N–H and O–H groups in total. The Bertz CT molecular complexity index is 620. The van der Waals surface area contributed by atoms with Gasteiger partial charge in [0.05, 0.1) is 12.3 Å². The smallest absolute Gasteiger partial charge is 0.122 e. The maximum atomic E-state index is 6.48. The summed E-state index contributed by atoms with van der Waals surface area (Å²) in [5.74, 6) is 1.48. The van der Waals surface area contributed by atoms with Crippen LogP contribution in [0, 0.1) is 0 Å². The average Bonchev–Trinajstić information content (AvgIpc) is 2.89. The van der Waals surface area contributed by atoms with Gasteiger partial charge in [-0.15, -0.1) is 0 Å². The van der Waals surface area contributed by atoms with Crippen molar-refractivity contribution in [3.05, 3.63) is 47.3 Å². The maximum absolute atomic E-state index is 6.48. The summed E-state index contributed by atoms with van der Waals surface area (Å²) in [7, 11) is 1.96. The van der Waals surface area contributed by atoms with Crippen LogP contribution in [-0.4, -0.2) is 16.4 Å². The molecule has 4 heteroatoms. The van der Waals surface area contributed by atoms with E-state index in [0.29, 0.717) is 5.92 Å². The van der Waals surface area contributed by atoms with Crippen molar-refractivity contribution < 1.29 is 4.74 Å². The van der Waals surface area contributed by atoms with Gasteiger partial charge in [0.25, 0.3) is 0 Å². The number of ether oxygens (including phenoxy) is 1. The minimum atomic E-state index is 0.0322. The summed E-state index contributed by atoms with van der Waals surface area (Å²) in [6.07, 6.45) is 4.97. The van der Waals surface area contributed by atoms with E-state index in [1.54, 1.807) is 0 Å². The Hall–Kier alpha value is -1.81. The van der Waals surface area contributed by atoms with Gasteiger partial charge in [-0.2, -0.15) is 5.10 Å². The molecular formula is C17H23N3O. The number of aryl methyl sites for hydroxylation is 2. The monoisotopic (exact) mass is 285 g/mol. The molecular weight excluding hydrogens is 262 g/mol. The van der Waals surface area contributed by atoms with Gasteiger partial charge in [-0.05, 0) is 36.8 Å². The van der Waals surface area contributed by atoms with Gasteiger partial charge >= 0.3 is 0 Å². The zero-order valence-electron chi connectivity index (χ0n) is 12.7. The fourth-order valence-corrected chi connectivity index (χ4v) is 3.23. The van der Waals surface area contributed by atoms with Crippen molar-refractivity contribution in [1.29, 1.82) is 0 Å². The fourth-order valence-electron chi connectivity index (χ4n) is 3.23. The van der Waals surface area contributed by atoms with Gasteiger partial charge in [0.15, 0.2) is 0 Å². The van der Waals surface area contributed by atoms with Crippen LogP contribution in [0.15, 0.2) is 30.5 Å². The van der Waals surface area contributed by atoms with Crippen molar-refractivity contribution in [3.8, 4) is 5.75 Å². The SMILES string of the molecule is CCc1nn(C)cc1C(N)CC1CCOc2ccccc21. The number of aromatic nitrogens is 2. The molecule has 0 radical (unpaired) electrons. The third-order valence-corrected chi connectivity index (χ3v) is 4.29. The normalized spacial score (nSPS) is 18.9. The Labute approximate surface area is 125 Å². The Balaban J connectivity index is 1.81. The summed E-state index contributed by atoms with van der Waals surface area (Å²) in [5, 5.41) is 4.50. The predicted molar refractivity (Wildman–Crippen MR) is 83.4 cm³/mol. The van der Waals surface area contributed by atoms with Crippen LogP contribution in [0.2, 0.25) is 0 Å². The van der Waals surface area contributed by atoms with Crippen LogP contribution in [0.1, 0.15) is 48.5 Å². The Morgan fingerprint density at radius 3 is 3.05 bits per heavy atom.